The molecule has 146 valence electrons. The second-order valence-electron chi connectivity index (χ2n) is 7.11. The van der Waals surface area contributed by atoms with E-state index in [1.54, 1.807) is 11.3 Å². The molecule has 1 aliphatic rings. The molecular formula is C22H23NO4S. The maximum absolute atomic E-state index is 10.4. The van der Waals surface area contributed by atoms with E-state index in [4.69, 9.17) is 4.74 Å². The van der Waals surface area contributed by atoms with Gasteiger partial charge in [0.05, 0.1) is 29.5 Å². The first kappa shape index (κ1) is 19.2. The average molecular weight is 397 g/mol. The van der Waals surface area contributed by atoms with Crippen molar-refractivity contribution in [3.05, 3.63) is 64.5 Å². The van der Waals surface area contributed by atoms with E-state index in [0.717, 1.165) is 33.0 Å². The molecule has 3 N–H and O–H groups in total. The van der Waals surface area contributed by atoms with Gasteiger partial charge in [-0.25, -0.2) is 4.98 Å². The highest BCUT2D eigenvalue weighted by molar-refractivity contribution is 7.09. The summed E-state index contributed by atoms with van der Waals surface area (Å²) in [6, 6.07) is 15.9. The van der Waals surface area contributed by atoms with Gasteiger partial charge >= 0.3 is 0 Å². The Kier molecular flexibility index (Phi) is 5.57. The molecule has 6 heteroatoms. The second-order valence-corrected chi connectivity index (χ2v) is 8.17. The van der Waals surface area contributed by atoms with Gasteiger partial charge in [0, 0.05) is 17.4 Å². The van der Waals surface area contributed by atoms with E-state index in [-0.39, 0.29) is 13.0 Å². The average Bonchev–Trinajstić information content (AvgIpc) is 3.16. The predicted molar refractivity (Wildman–Crippen MR) is 109 cm³/mol. The molecule has 0 amide bonds. The normalized spacial score (nSPS) is 25.0. The van der Waals surface area contributed by atoms with Gasteiger partial charge in [0.1, 0.15) is 12.2 Å². The number of hydrogen-bond donors (Lipinski definition) is 3. The Bertz CT molecular complexity index is 940. The minimum absolute atomic E-state index is 0.183. The van der Waals surface area contributed by atoms with Crippen LogP contribution in [-0.2, 0) is 4.74 Å². The Labute approximate surface area is 167 Å². The Morgan fingerprint density at radius 1 is 1.07 bits per heavy atom. The van der Waals surface area contributed by atoms with Crippen molar-refractivity contribution in [1.29, 1.82) is 0 Å². The van der Waals surface area contributed by atoms with Crippen LogP contribution in [0.1, 0.15) is 23.1 Å². The number of nitrogens with zero attached hydrogens (tertiary/aromatic N) is 1. The summed E-state index contributed by atoms with van der Waals surface area (Å²) in [4.78, 5) is 4.52. The van der Waals surface area contributed by atoms with Crippen LogP contribution in [0, 0.1) is 6.92 Å². The van der Waals surface area contributed by atoms with Crippen LogP contribution in [0.2, 0.25) is 0 Å². The summed E-state index contributed by atoms with van der Waals surface area (Å²) in [5.74, 6) is 0. The molecule has 0 aliphatic carbocycles. The smallest absolute Gasteiger partial charge is 0.111 e. The zero-order chi connectivity index (χ0) is 19.7. The van der Waals surface area contributed by atoms with Gasteiger partial charge in [-0.05, 0) is 29.7 Å². The molecule has 1 aromatic heterocycles. The van der Waals surface area contributed by atoms with E-state index < -0.39 is 24.4 Å². The topological polar surface area (TPSA) is 82.8 Å². The summed E-state index contributed by atoms with van der Waals surface area (Å²) in [6.07, 6.45) is -2.86. The largest absolute Gasteiger partial charge is 0.394 e. The van der Waals surface area contributed by atoms with Gasteiger partial charge in [0.15, 0.2) is 0 Å². The molecule has 0 bridgehead atoms. The fourth-order valence-electron chi connectivity index (χ4n) is 3.57. The van der Waals surface area contributed by atoms with E-state index in [1.807, 2.05) is 55.5 Å². The Morgan fingerprint density at radius 2 is 1.82 bits per heavy atom. The van der Waals surface area contributed by atoms with Crippen LogP contribution in [0.15, 0.2) is 53.9 Å². The lowest BCUT2D eigenvalue weighted by Gasteiger charge is -2.37. The van der Waals surface area contributed by atoms with Crippen molar-refractivity contribution >= 4 is 11.3 Å². The van der Waals surface area contributed by atoms with E-state index in [1.165, 1.54) is 0 Å². The van der Waals surface area contributed by atoms with Gasteiger partial charge in [-0.15, -0.1) is 11.3 Å². The molecule has 2 aromatic carbocycles. The molecule has 4 unspecified atom stereocenters. The van der Waals surface area contributed by atoms with Gasteiger partial charge in [-0.2, -0.15) is 0 Å². The van der Waals surface area contributed by atoms with Crippen LogP contribution in [0.4, 0.5) is 0 Å². The summed E-state index contributed by atoms with van der Waals surface area (Å²) < 4.78 is 5.81. The molecule has 4 rings (SSSR count). The predicted octanol–water partition coefficient (Wildman–Crippen LogP) is 3.33. The summed E-state index contributed by atoms with van der Waals surface area (Å²) >= 11 is 1.63. The van der Waals surface area contributed by atoms with E-state index in [9.17, 15) is 15.3 Å². The number of benzene rings is 2. The highest BCUT2D eigenvalue weighted by Gasteiger charge is 2.37. The summed E-state index contributed by atoms with van der Waals surface area (Å²) in [5.41, 5.74) is 4.87. The number of aryl methyl sites for hydroxylation is 1. The van der Waals surface area contributed by atoms with Crippen LogP contribution in [0.5, 0.6) is 0 Å². The molecule has 2 heterocycles. The molecule has 1 aliphatic heterocycles. The number of aliphatic hydroxyl groups is 3. The fraction of sp³-hybridized carbons (Fsp3) is 0.318. The highest BCUT2D eigenvalue weighted by atomic mass is 32.1. The molecule has 5 nitrogen and oxygen atoms in total. The molecule has 0 radical (unpaired) electrons. The number of aromatic nitrogens is 1. The summed E-state index contributed by atoms with van der Waals surface area (Å²) in [5, 5.41) is 32.9. The molecule has 1 fully saturated rings. The Balaban J connectivity index is 1.60. The monoisotopic (exact) mass is 397 g/mol. The van der Waals surface area contributed by atoms with Crippen molar-refractivity contribution in [3.63, 3.8) is 0 Å². The molecule has 3 aromatic rings. The van der Waals surface area contributed by atoms with Gasteiger partial charge in [-0.3, -0.25) is 0 Å². The molecule has 28 heavy (non-hydrogen) atoms. The van der Waals surface area contributed by atoms with Crippen molar-refractivity contribution in [1.82, 2.24) is 4.98 Å². The molecule has 0 spiro atoms. The Hall–Kier alpha value is -2.09. The number of aliphatic hydroxyl groups excluding tert-OH is 3. The zero-order valence-electron chi connectivity index (χ0n) is 15.5. The number of rotatable bonds is 4. The molecule has 4 atom stereocenters. The van der Waals surface area contributed by atoms with Crippen molar-refractivity contribution in [2.75, 3.05) is 6.61 Å². The lowest BCUT2D eigenvalue weighted by molar-refractivity contribution is -0.179. The molecule has 0 saturated carbocycles. The van der Waals surface area contributed by atoms with Crippen molar-refractivity contribution in [2.24, 2.45) is 0 Å². The fourth-order valence-corrected chi connectivity index (χ4v) is 4.19. The molecular weight excluding hydrogens is 374 g/mol. The SMILES string of the molecule is Cc1nc(-c2ccc(-c3cccc(C4OC(CO)CC(O)C4O)c3)cc2)cs1. The quantitative estimate of drug-likeness (QED) is 0.629. The summed E-state index contributed by atoms with van der Waals surface area (Å²) in [6.45, 7) is 1.81. The molecule has 1 saturated heterocycles. The van der Waals surface area contributed by atoms with E-state index in [2.05, 4.69) is 10.4 Å². The van der Waals surface area contributed by atoms with Crippen LogP contribution >= 0.6 is 11.3 Å². The van der Waals surface area contributed by atoms with Crippen molar-refractivity contribution in [2.45, 2.75) is 37.8 Å². The van der Waals surface area contributed by atoms with Crippen LogP contribution < -0.4 is 0 Å². The van der Waals surface area contributed by atoms with Crippen molar-refractivity contribution in [3.8, 4) is 22.4 Å². The summed E-state index contributed by atoms with van der Waals surface area (Å²) in [7, 11) is 0. The third-order valence-electron chi connectivity index (χ3n) is 5.10. The second kappa shape index (κ2) is 8.11. The first-order chi connectivity index (χ1) is 13.5. The standard InChI is InChI=1S/C22H23NO4S/c1-13-23-19(12-28-13)15-7-5-14(6-8-15)16-3-2-4-17(9-16)22-21(26)20(25)10-18(11-24)27-22/h2-9,12,18,20-22,24-26H,10-11H2,1H3. The van der Waals surface area contributed by atoms with Crippen LogP contribution in [0.25, 0.3) is 22.4 Å². The third kappa shape index (κ3) is 3.87. The third-order valence-corrected chi connectivity index (χ3v) is 5.87. The van der Waals surface area contributed by atoms with Gasteiger partial charge < -0.3 is 20.1 Å². The van der Waals surface area contributed by atoms with Gasteiger partial charge in [-0.1, -0.05) is 42.5 Å². The minimum atomic E-state index is -1.02. The van der Waals surface area contributed by atoms with Crippen LogP contribution in [0.3, 0.4) is 0 Å². The first-order valence-electron chi connectivity index (χ1n) is 9.30. The maximum Gasteiger partial charge on any atom is 0.111 e. The van der Waals surface area contributed by atoms with E-state index in [0.29, 0.717) is 0 Å². The van der Waals surface area contributed by atoms with Gasteiger partial charge in [0.25, 0.3) is 0 Å². The number of hydrogen-bond acceptors (Lipinski definition) is 6. The first-order valence-corrected chi connectivity index (χ1v) is 10.2. The highest BCUT2D eigenvalue weighted by Crippen LogP contribution is 2.34. The van der Waals surface area contributed by atoms with E-state index >= 15 is 0 Å². The minimum Gasteiger partial charge on any atom is -0.394 e. The number of thiazole rings is 1. The lowest BCUT2D eigenvalue weighted by Crippen LogP contribution is -2.44. The zero-order valence-corrected chi connectivity index (χ0v) is 16.3. The number of ether oxygens (including phenoxy) is 1. The van der Waals surface area contributed by atoms with Crippen LogP contribution in [-0.4, -0.2) is 45.2 Å². The van der Waals surface area contributed by atoms with Gasteiger partial charge in [0.2, 0.25) is 0 Å². The maximum atomic E-state index is 10.4. The Morgan fingerprint density at radius 3 is 2.50 bits per heavy atom. The lowest BCUT2D eigenvalue weighted by atomic mass is 9.91. The van der Waals surface area contributed by atoms with Crippen molar-refractivity contribution < 1.29 is 20.1 Å².